The quantitative estimate of drug-likeness (QED) is 0.298. The maximum atomic E-state index is 14.7. The summed E-state index contributed by atoms with van der Waals surface area (Å²) in [6.45, 7) is 1.96. The van der Waals surface area contributed by atoms with Crippen LogP contribution in [0.15, 0.2) is 103 Å². The number of rotatable bonds is 4. The van der Waals surface area contributed by atoms with Gasteiger partial charge in [-0.1, -0.05) is 102 Å². The minimum atomic E-state index is -1.34. The zero-order valence-electron chi connectivity index (χ0n) is 21.7. The molecule has 196 valence electrons. The fourth-order valence-corrected chi connectivity index (χ4v) is 7.07. The fourth-order valence-electron chi connectivity index (χ4n) is 6.84. The second kappa shape index (κ2) is 9.04. The average Bonchev–Trinajstić information content (AvgIpc) is 3.45. The first-order chi connectivity index (χ1) is 19.4. The second-order valence-corrected chi connectivity index (χ2v) is 11.0. The van der Waals surface area contributed by atoms with Gasteiger partial charge in [0.15, 0.2) is 11.6 Å². The largest absolute Gasteiger partial charge is 0.352 e. The molecule has 3 heterocycles. The van der Waals surface area contributed by atoms with Gasteiger partial charge in [-0.05, 0) is 42.3 Å². The van der Waals surface area contributed by atoms with Crippen LogP contribution in [0.5, 0.6) is 0 Å². The van der Waals surface area contributed by atoms with E-state index in [4.69, 9.17) is 11.6 Å². The highest BCUT2D eigenvalue weighted by Crippen LogP contribution is 2.58. The number of nitrogens with zero attached hydrogens (tertiary/aromatic N) is 1. The van der Waals surface area contributed by atoms with Gasteiger partial charge in [0.25, 0.3) is 0 Å². The number of Topliss-reactive ketones (excluding diaryl/α,β-unsaturated/α-hetero) is 2. The summed E-state index contributed by atoms with van der Waals surface area (Å²) in [6, 6.07) is 27.9. The zero-order chi connectivity index (χ0) is 27.6. The summed E-state index contributed by atoms with van der Waals surface area (Å²) < 4.78 is 0. The molecule has 3 aliphatic rings. The van der Waals surface area contributed by atoms with E-state index in [1.165, 1.54) is 0 Å². The molecule has 1 spiro atoms. The summed E-state index contributed by atoms with van der Waals surface area (Å²) in [4.78, 5) is 45.7. The highest BCUT2D eigenvalue weighted by molar-refractivity contribution is 6.34. The molecular formula is C34H25ClN2O3. The topological polar surface area (TPSA) is 66.5 Å². The van der Waals surface area contributed by atoms with Crippen LogP contribution in [0.1, 0.15) is 37.4 Å². The number of hydrogen-bond acceptors (Lipinski definition) is 4. The Bertz CT molecular complexity index is 1740. The third-order valence-electron chi connectivity index (χ3n) is 8.57. The molecule has 4 aromatic carbocycles. The molecule has 1 fully saturated rings. The molecule has 1 N–H and O–H groups in total. The van der Waals surface area contributed by atoms with Crippen LogP contribution in [0.25, 0.3) is 6.08 Å². The lowest BCUT2D eigenvalue weighted by atomic mass is 9.64. The third kappa shape index (κ3) is 3.31. The number of halogens is 1. The van der Waals surface area contributed by atoms with Crippen LogP contribution in [-0.4, -0.2) is 29.6 Å². The van der Waals surface area contributed by atoms with E-state index < -0.39 is 23.4 Å². The van der Waals surface area contributed by atoms with Crippen LogP contribution in [0.3, 0.4) is 0 Å². The smallest absolute Gasteiger partial charge is 0.238 e. The van der Waals surface area contributed by atoms with Crippen LogP contribution in [-0.2, 0) is 10.2 Å². The van der Waals surface area contributed by atoms with Crippen molar-refractivity contribution in [3.63, 3.8) is 0 Å². The summed E-state index contributed by atoms with van der Waals surface area (Å²) in [5.74, 6) is -1.85. The molecule has 3 aliphatic heterocycles. The Morgan fingerprint density at radius 1 is 0.850 bits per heavy atom. The Kier molecular flexibility index (Phi) is 5.55. The predicted octanol–water partition coefficient (Wildman–Crippen LogP) is 6.50. The van der Waals surface area contributed by atoms with Crippen molar-refractivity contribution in [1.29, 1.82) is 0 Å². The van der Waals surface area contributed by atoms with Gasteiger partial charge in [-0.15, -0.1) is 0 Å². The van der Waals surface area contributed by atoms with E-state index in [0.29, 0.717) is 21.8 Å². The van der Waals surface area contributed by atoms with Crippen molar-refractivity contribution in [3.8, 4) is 0 Å². The maximum absolute atomic E-state index is 14.7. The number of benzene rings is 4. The molecule has 4 aromatic rings. The molecular weight excluding hydrogens is 520 g/mol. The first kappa shape index (κ1) is 24.6. The average molecular weight is 545 g/mol. The number of aryl methyl sites for hydroxylation is 1. The normalized spacial score (nSPS) is 23.9. The molecule has 40 heavy (non-hydrogen) atoms. The van der Waals surface area contributed by atoms with Crippen molar-refractivity contribution in [1.82, 2.24) is 0 Å². The number of para-hydroxylation sites is 2. The summed E-state index contributed by atoms with van der Waals surface area (Å²) in [7, 11) is 0. The third-order valence-corrected chi connectivity index (χ3v) is 8.90. The summed E-state index contributed by atoms with van der Waals surface area (Å²) in [6.07, 6.45) is 3.96. The number of anilines is 2. The molecule has 1 amide bonds. The number of amides is 1. The maximum Gasteiger partial charge on any atom is 0.238 e. The van der Waals surface area contributed by atoms with Crippen LogP contribution in [0.2, 0.25) is 5.02 Å². The Morgan fingerprint density at radius 2 is 1.55 bits per heavy atom. The van der Waals surface area contributed by atoms with E-state index in [0.717, 1.165) is 22.4 Å². The Morgan fingerprint density at radius 3 is 2.35 bits per heavy atom. The van der Waals surface area contributed by atoms with E-state index in [-0.39, 0.29) is 17.5 Å². The molecule has 5 nitrogen and oxygen atoms in total. The van der Waals surface area contributed by atoms with Gasteiger partial charge < -0.3 is 10.2 Å². The van der Waals surface area contributed by atoms with Crippen molar-refractivity contribution >= 4 is 46.5 Å². The van der Waals surface area contributed by atoms with Crippen molar-refractivity contribution in [2.45, 2.75) is 24.4 Å². The van der Waals surface area contributed by atoms with Gasteiger partial charge in [-0.3, -0.25) is 14.4 Å². The lowest BCUT2D eigenvalue weighted by Gasteiger charge is -2.37. The van der Waals surface area contributed by atoms with E-state index in [1.807, 2.05) is 84.6 Å². The number of carbonyl (C=O) groups excluding carboxylic acids is 3. The number of nitrogens with one attached hydrogen (secondary N) is 1. The van der Waals surface area contributed by atoms with Gasteiger partial charge in [0.05, 0.1) is 17.0 Å². The Labute approximate surface area is 237 Å². The minimum Gasteiger partial charge on any atom is -0.352 e. The first-order valence-corrected chi connectivity index (χ1v) is 13.7. The van der Waals surface area contributed by atoms with E-state index in [9.17, 15) is 14.4 Å². The molecule has 0 radical (unpaired) electrons. The van der Waals surface area contributed by atoms with Crippen LogP contribution in [0.4, 0.5) is 11.4 Å². The highest BCUT2D eigenvalue weighted by atomic mass is 35.5. The molecule has 4 atom stereocenters. The van der Waals surface area contributed by atoms with Crippen molar-refractivity contribution in [3.05, 3.63) is 136 Å². The molecule has 0 bridgehead atoms. The molecule has 1 saturated heterocycles. The molecule has 0 aromatic heterocycles. The van der Waals surface area contributed by atoms with Crippen molar-refractivity contribution < 1.29 is 14.4 Å². The Hall–Kier alpha value is -4.48. The summed E-state index contributed by atoms with van der Waals surface area (Å²) in [5.41, 5.74) is 3.55. The number of hydrogen-bond donors (Lipinski definition) is 1. The predicted molar refractivity (Wildman–Crippen MR) is 157 cm³/mol. The minimum absolute atomic E-state index is 0.252. The number of ketones is 2. The molecule has 7 rings (SSSR count). The Balaban J connectivity index is 1.55. The van der Waals surface area contributed by atoms with Gasteiger partial charge in [0, 0.05) is 22.5 Å². The van der Waals surface area contributed by atoms with E-state index >= 15 is 0 Å². The first-order valence-electron chi connectivity index (χ1n) is 13.3. The lowest BCUT2D eigenvalue weighted by Crippen LogP contribution is -2.51. The van der Waals surface area contributed by atoms with Crippen molar-refractivity contribution in [2.75, 3.05) is 10.2 Å². The monoisotopic (exact) mass is 544 g/mol. The highest BCUT2D eigenvalue weighted by Gasteiger charge is 2.70. The van der Waals surface area contributed by atoms with E-state index in [2.05, 4.69) is 5.32 Å². The second-order valence-electron chi connectivity index (χ2n) is 10.6. The van der Waals surface area contributed by atoms with Gasteiger partial charge in [0.1, 0.15) is 11.5 Å². The van der Waals surface area contributed by atoms with Gasteiger partial charge in [0.2, 0.25) is 5.91 Å². The van der Waals surface area contributed by atoms with Crippen LogP contribution in [0, 0.1) is 12.8 Å². The molecule has 0 unspecified atom stereocenters. The standard InChI is InChI=1S/C34H25ClN2O3/c1-20-14-16-22(17-15-20)31(38)29-30(32(39)23-9-3-5-11-25(23)35)37-27-13-7-2-8-21(27)18-19-28(37)34(29)24-10-4-6-12-26(24)36-33(34)40/h2-19,28-30H,1H3,(H,36,40)/t28-,29+,30-,34-/m1/s1. The summed E-state index contributed by atoms with van der Waals surface area (Å²) in [5, 5.41) is 3.36. The number of fused-ring (bicyclic) bond motifs is 6. The summed E-state index contributed by atoms with van der Waals surface area (Å²) >= 11 is 6.58. The fraction of sp³-hybridized carbons (Fsp3) is 0.147. The van der Waals surface area contributed by atoms with Gasteiger partial charge in [-0.2, -0.15) is 0 Å². The van der Waals surface area contributed by atoms with Crippen molar-refractivity contribution in [2.24, 2.45) is 5.92 Å². The van der Waals surface area contributed by atoms with Gasteiger partial charge >= 0.3 is 0 Å². The lowest BCUT2D eigenvalue weighted by molar-refractivity contribution is -0.121. The van der Waals surface area contributed by atoms with Crippen LogP contribution >= 0.6 is 11.6 Å². The molecule has 0 saturated carbocycles. The molecule has 6 heteroatoms. The zero-order valence-corrected chi connectivity index (χ0v) is 22.4. The van der Waals surface area contributed by atoms with E-state index in [1.54, 1.807) is 36.4 Å². The van der Waals surface area contributed by atoms with Gasteiger partial charge in [-0.25, -0.2) is 0 Å². The number of carbonyl (C=O) groups is 3. The van der Waals surface area contributed by atoms with Crippen LogP contribution < -0.4 is 10.2 Å². The molecule has 0 aliphatic carbocycles. The SMILES string of the molecule is Cc1ccc(C(=O)[C@@H]2[C@H](C(=O)c3ccccc3Cl)N3c4ccccc4C=C[C@@H]3[C@@]23C(=O)Nc2ccccc23)cc1.